The van der Waals surface area contributed by atoms with Gasteiger partial charge in [-0.3, -0.25) is 4.79 Å². The van der Waals surface area contributed by atoms with E-state index in [0.29, 0.717) is 15.6 Å². The third kappa shape index (κ3) is 2.56. The second-order valence-electron chi connectivity index (χ2n) is 3.74. The molecule has 0 fully saturated rings. The second-order valence-corrected chi connectivity index (χ2v) is 5.00. The van der Waals surface area contributed by atoms with Crippen LogP contribution in [0.4, 0.5) is 5.69 Å². The van der Waals surface area contributed by atoms with Crippen LogP contribution < -0.4 is 5.32 Å². The Hall–Kier alpha value is -1.76. The Labute approximate surface area is 115 Å². The smallest absolute Gasteiger partial charge is 0.267 e. The van der Waals surface area contributed by atoms with Gasteiger partial charge >= 0.3 is 0 Å². The minimum absolute atomic E-state index is 0.215. The molecule has 0 aliphatic heterocycles. The van der Waals surface area contributed by atoms with E-state index in [1.165, 1.54) is 11.3 Å². The minimum Gasteiger partial charge on any atom is -0.321 e. The van der Waals surface area contributed by atoms with Crippen molar-refractivity contribution in [2.24, 2.45) is 0 Å². The predicted molar refractivity (Wildman–Crippen MR) is 76.4 cm³/mol. The van der Waals surface area contributed by atoms with Crippen molar-refractivity contribution in [3.63, 3.8) is 0 Å². The van der Waals surface area contributed by atoms with Crippen LogP contribution in [-0.4, -0.2) is 5.91 Å². The molecular formula is C14H10ClNOS. The van der Waals surface area contributed by atoms with Gasteiger partial charge in [-0.05, 0) is 36.1 Å². The summed E-state index contributed by atoms with van der Waals surface area (Å²) in [4.78, 5) is 12.5. The molecule has 1 aromatic carbocycles. The maximum Gasteiger partial charge on any atom is 0.267 e. The monoisotopic (exact) mass is 275 g/mol. The van der Waals surface area contributed by atoms with Crippen molar-refractivity contribution in [3.8, 4) is 12.3 Å². The standard InChI is InChI=1S/C14H10ClNOS/c1-3-10-5-4-6-11(7-10)16-14(17)13-12(15)9(2)8-18-13/h1,4-8H,2H3,(H,16,17). The number of nitrogens with one attached hydrogen (secondary N) is 1. The lowest BCUT2D eigenvalue weighted by Crippen LogP contribution is -2.10. The average molecular weight is 276 g/mol. The Morgan fingerprint density at radius 1 is 1.50 bits per heavy atom. The number of benzene rings is 1. The number of anilines is 1. The van der Waals surface area contributed by atoms with Gasteiger partial charge in [0, 0.05) is 11.3 Å². The fourth-order valence-corrected chi connectivity index (χ4v) is 2.63. The van der Waals surface area contributed by atoms with E-state index in [4.69, 9.17) is 18.0 Å². The zero-order chi connectivity index (χ0) is 13.1. The first-order valence-electron chi connectivity index (χ1n) is 5.23. The Balaban J connectivity index is 2.22. The summed E-state index contributed by atoms with van der Waals surface area (Å²) in [6.45, 7) is 1.87. The normalized spacial score (nSPS) is 9.83. The van der Waals surface area contributed by atoms with Crippen LogP contribution in [0.15, 0.2) is 29.6 Å². The van der Waals surface area contributed by atoms with E-state index in [1.807, 2.05) is 12.3 Å². The lowest BCUT2D eigenvalue weighted by Gasteiger charge is -2.04. The molecule has 0 atom stereocenters. The molecule has 1 N–H and O–H groups in total. The quantitative estimate of drug-likeness (QED) is 0.827. The molecule has 90 valence electrons. The highest BCUT2D eigenvalue weighted by Crippen LogP contribution is 2.27. The summed E-state index contributed by atoms with van der Waals surface area (Å²) in [5, 5.41) is 5.14. The summed E-state index contributed by atoms with van der Waals surface area (Å²) in [5.41, 5.74) is 2.29. The minimum atomic E-state index is -0.215. The first kappa shape index (κ1) is 12.7. The van der Waals surface area contributed by atoms with Crippen molar-refractivity contribution in [1.82, 2.24) is 0 Å². The number of carbonyl (C=O) groups is 1. The van der Waals surface area contributed by atoms with Crippen LogP contribution >= 0.6 is 22.9 Å². The van der Waals surface area contributed by atoms with Gasteiger partial charge in [0.2, 0.25) is 0 Å². The highest BCUT2D eigenvalue weighted by molar-refractivity contribution is 7.13. The summed E-state index contributed by atoms with van der Waals surface area (Å²) in [5.74, 6) is 2.31. The largest absolute Gasteiger partial charge is 0.321 e. The zero-order valence-electron chi connectivity index (χ0n) is 9.66. The van der Waals surface area contributed by atoms with Gasteiger partial charge in [-0.15, -0.1) is 17.8 Å². The summed E-state index contributed by atoms with van der Waals surface area (Å²) < 4.78 is 0. The molecular weight excluding hydrogens is 266 g/mol. The highest BCUT2D eigenvalue weighted by atomic mass is 35.5. The molecule has 0 spiro atoms. The SMILES string of the molecule is C#Cc1cccc(NC(=O)c2scc(C)c2Cl)c1. The molecule has 2 rings (SSSR count). The Morgan fingerprint density at radius 2 is 2.28 bits per heavy atom. The van der Waals surface area contributed by atoms with Gasteiger partial charge in [-0.1, -0.05) is 23.6 Å². The summed E-state index contributed by atoms with van der Waals surface area (Å²) in [6.07, 6.45) is 5.31. The van der Waals surface area contributed by atoms with Crippen molar-refractivity contribution >= 4 is 34.5 Å². The first-order valence-corrected chi connectivity index (χ1v) is 6.49. The fourth-order valence-electron chi connectivity index (χ4n) is 1.46. The van der Waals surface area contributed by atoms with Gasteiger partial charge in [0.1, 0.15) is 4.88 Å². The summed E-state index contributed by atoms with van der Waals surface area (Å²) in [7, 11) is 0. The molecule has 0 bridgehead atoms. The van der Waals surface area contributed by atoms with Crippen molar-refractivity contribution in [1.29, 1.82) is 0 Å². The molecule has 0 saturated carbocycles. The van der Waals surface area contributed by atoms with Gasteiger partial charge < -0.3 is 5.32 Å². The Morgan fingerprint density at radius 3 is 2.89 bits per heavy atom. The van der Waals surface area contributed by atoms with Crippen molar-refractivity contribution in [2.75, 3.05) is 5.32 Å². The van der Waals surface area contributed by atoms with Gasteiger partial charge in [0.15, 0.2) is 0 Å². The predicted octanol–water partition coefficient (Wildman–Crippen LogP) is 3.94. The third-order valence-corrected chi connectivity index (χ3v) is 4.09. The van der Waals surface area contributed by atoms with Gasteiger partial charge in [-0.25, -0.2) is 0 Å². The number of aryl methyl sites for hydroxylation is 1. The average Bonchev–Trinajstić information content (AvgIpc) is 2.70. The van der Waals surface area contributed by atoms with E-state index < -0.39 is 0 Å². The third-order valence-electron chi connectivity index (χ3n) is 2.39. The van der Waals surface area contributed by atoms with Crippen LogP contribution in [0.3, 0.4) is 0 Å². The topological polar surface area (TPSA) is 29.1 Å². The number of terminal acetylenes is 1. The lowest BCUT2D eigenvalue weighted by atomic mass is 10.2. The molecule has 18 heavy (non-hydrogen) atoms. The van der Waals surface area contributed by atoms with Crippen LogP contribution in [0.5, 0.6) is 0 Å². The maximum absolute atomic E-state index is 12.0. The number of halogens is 1. The van der Waals surface area contributed by atoms with Gasteiger partial charge in [0.05, 0.1) is 5.02 Å². The molecule has 1 heterocycles. The van der Waals surface area contributed by atoms with E-state index in [2.05, 4.69) is 11.2 Å². The number of rotatable bonds is 2. The fraction of sp³-hybridized carbons (Fsp3) is 0.0714. The number of thiophene rings is 1. The van der Waals surface area contributed by atoms with Gasteiger partial charge in [0.25, 0.3) is 5.91 Å². The molecule has 0 aliphatic carbocycles. The van der Waals surface area contributed by atoms with Crippen LogP contribution in [0.1, 0.15) is 20.8 Å². The molecule has 2 aromatic rings. The number of carbonyl (C=O) groups excluding carboxylic acids is 1. The molecule has 0 saturated heterocycles. The lowest BCUT2D eigenvalue weighted by molar-refractivity contribution is 0.103. The van der Waals surface area contributed by atoms with Gasteiger partial charge in [-0.2, -0.15) is 0 Å². The van der Waals surface area contributed by atoms with Crippen LogP contribution in [0, 0.1) is 19.3 Å². The van der Waals surface area contributed by atoms with Crippen molar-refractivity contribution in [3.05, 3.63) is 50.7 Å². The van der Waals surface area contributed by atoms with E-state index in [1.54, 1.807) is 24.3 Å². The van der Waals surface area contributed by atoms with Crippen molar-refractivity contribution in [2.45, 2.75) is 6.92 Å². The van der Waals surface area contributed by atoms with Crippen LogP contribution in [0.2, 0.25) is 5.02 Å². The number of hydrogen-bond acceptors (Lipinski definition) is 2. The Bertz CT molecular complexity index is 639. The second kappa shape index (κ2) is 5.26. The van der Waals surface area contributed by atoms with Crippen molar-refractivity contribution < 1.29 is 4.79 Å². The molecule has 0 unspecified atom stereocenters. The van der Waals surface area contributed by atoms with E-state index in [-0.39, 0.29) is 5.91 Å². The maximum atomic E-state index is 12.0. The Kier molecular flexibility index (Phi) is 3.71. The first-order chi connectivity index (χ1) is 8.61. The van der Waals surface area contributed by atoms with Crippen LogP contribution in [0.25, 0.3) is 0 Å². The molecule has 2 nitrogen and oxygen atoms in total. The number of amides is 1. The molecule has 0 radical (unpaired) electrons. The van der Waals surface area contributed by atoms with E-state index >= 15 is 0 Å². The molecule has 1 amide bonds. The number of hydrogen-bond donors (Lipinski definition) is 1. The van der Waals surface area contributed by atoms with Crippen LogP contribution in [-0.2, 0) is 0 Å². The highest BCUT2D eigenvalue weighted by Gasteiger charge is 2.14. The van der Waals surface area contributed by atoms with E-state index in [0.717, 1.165) is 11.1 Å². The molecule has 0 aliphatic rings. The zero-order valence-corrected chi connectivity index (χ0v) is 11.2. The summed E-state index contributed by atoms with van der Waals surface area (Å²) >= 11 is 7.37. The molecule has 1 aromatic heterocycles. The van der Waals surface area contributed by atoms with E-state index in [9.17, 15) is 4.79 Å². The summed E-state index contributed by atoms with van der Waals surface area (Å²) in [6, 6.07) is 7.13. The molecule has 4 heteroatoms.